The average molecular weight is 393 g/mol. The van der Waals surface area contributed by atoms with Crippen molar-refractivity contribution in [1.82, 2.24) is 5.32 Å². The van der Waals surface area contributed by atoms with E-state index in [-0.39, 0.29) is 0 Å². The summed E-state index contributed by atoms with van der Waals surface area (Å²) in [6, 6.07) is 16.1. The van der Waals surface area contributed by atoms with Gasteiger partial charge in [-0.05, 0) is 61.8 Å². The highest BCUT2D eigenvalue weighted by Crippen LogP contribution is 2.19. The summed E-state index contributed by atoms with van der Waals surface area (Å²) in [5, 5.41) is 7.06. The fraction of sp³-hybridized carbons (Fsp3) is 0.278. The molecule has 0 heterocycles. The number of hydrogen-bond acceptors (Lipinski definition) is 2. The Balaban J connectivity index is 1.74. The molecule has 5 heteroatoms. The Morgan fingerprint density at radius 3 is 2.78 bits per heavy atom. The van der Waals surface area contributed by atoms with Crippen molar-refractivity contribution in [3.8, 4) is 5.75 Å². The standard InChI is InChI=1S/C18H21BrN2OS/c1-2-22-17-11-4-3-7-14(17)8-6-12-20-18(23)21-16-10-5-9-15(19)13-16/h3-5,7,9-11,13H,2,6,8,12H2,1H3,(H2,20,21,23). The maximum absolute atomic E-state index is 5.64. The van der Waals surface area contributed by atoms with Crippen LogP contribution in [0.5, 0.6) is 5.75 Å². The van der Waals surface area contributed by atoms with Crippen molar-refractivity contribution in [3.05, 3.63) is 58.6 Å². The lowest BCUT2D eigenvalue weighted by atomic mass is 10.1. The second-order valence-corrected chi connectivity index (χ2v) is 6.36. The van der Waals surface area contributed by atoms with Gasteiger partial charge >= 0.3 is 0 Å². The first kappa shape index (κ1) is 17.8. The van der Waals surface area contributed by atoms with Crippen molar-refractivity contribution in [2.24, 2.45) is 0 Å². The zero-order chi connectivity index (χ0) is 16.5. The fourth-order valence-electron chi connectivity index (χ4n) is 2.23. The molecule has 0 spiro atoms. The Morgan fingerprint density at radius 1 is 1.17 bits per heavy atom. The van der Waals surface area contributed by atoms with E-state index in [0.717, 1.165) is 35.3 Å². The first-order chi connectivity index (χ1) is 11.2. The van der Waals surface area contributed by atoms with Crippen molar-refractivity contribution in [1.29, 1.82) is 0 Å². The van der Waals surface area contributed by atoms with Crippen LogP contribution in [0.1, 0.15) is 18.9 Å². The molecule has 23 heavy (non-hydrogen) atoms. The van der Waals surface area contributed by atoms with E-state index in [1.165, 1.54) is 5.56 Å². The average Bonchev–Trinajstić information content (AvgIpc) is 2.53. The summed E-state index contributed by atoms with van der Waals surface area (Å²) < 4.78 is 6.67. The molecule has 0 saturated heterocycles. The maximum Gasteiger partial charge on any atom is 0.170 e. The third-order valence-corrected chi connectivity index (χ3v) is 4.00. The van der Waals surface area contributed by atoms with Crippen LogP contribution >= 0.6 is 28.1 Å². The third kappa shape index (κ3) is 6.20. The second-order valence-electron chi connectivity index (χ2n) is 5.04. The Hall–Kier alpha value is -1.59. The molecule has 0 aliphatic heterocycles. The van der Waals surface area contributed by atoms with Gasteiger partial charge in [0.25, 0.3) is 0 Å². The zero-order valence-corrected chi connectivity index (χ0v) is 15.5. The lowest BCUT2D eigenvalue weighted by Crippen LogP contribution is -2.29. The zero-order valence-electron chi connectivity index (χ0n) is 13.1. The summed E-state index contributed by atoms with van der Waals surface area (Å²) in [6.07, 6.45) is 1.95. The van der Waals surface area contributed by atoms with Crippen LogP contribution in [0.25, 0.3) is 0 Å². The molecule has 2 aromatic rings. The first-order valence-corrected chi connectivity index (χ1v) is 8.90. The minimum atomic E-state index is 0.640. The monoisotopic (exact) mass is 392 g/mol. The van der Waals surface area contributed by atoms with Gasteiger partial charge in [0.2, 0.25) is 0 Å². The van der Waals surface area contributed by atoms with Gasteiger partial charge in [0.1, 0.15) is 5.75 Å². The van der Waals surface area contributed by atoms with Crippen molar-refractivity contribution < 1.29 is 4.74 Å². The minimum Gasteiger partial charge on any atom is -0.494 e. The number of benzene rings is 2. The van der Waals surface area contributed by atoms with Crippen LogP contribution in [0.4, 0.5) is 5.69 Å². The first-order valence-electron chi connectivity index (χ1n) is 7.70. The van der Waals surface area contributed by atoms with Crippen molar-refractivity contribution in [3.63, 3.8) is 0 Å². The highest BCUT2D eigenvalue weighted by atomic mass is 79.9. The Bertz CT molecular complexity index is 648. The van der Waals surface area contributed by atoms with Crippen molar-refractivity contribution >= 4 is 38.9 Å². The normalized spacial score (nSPS) is 10.2. The summed E-state index contributed by atoms with van der Waals surface area (Å²) >= 11 is 8.76. The van der Waals surface area contributed by atoms with Crippen LogP contribution in [-0.4, -0.2) is 18.3 Å². The maximum atomic E-state index is 5.64. The molecule has 0 amide bonds. The summed E-state index contributed by atoms with van der Waals surface area (Å²) in [4.78, 5) is 0. The number of nitrogens with one attached hydrogen (secondary N) is 2. The molecule has 0 fully saturated rings. The second kappa shape index (κ2) is 9.53. The SMILES string of the molecule is CCOc1ccccc1CCCNC(=S)Nc1cccc(Br)c1. The van der Waals surface area contributed by atoms with E-state index in [1.807, 2.05) is 49.4 Å². The van der Waals surface area contributed by atoms with E-state index in [1.54, 1.807) is 0 Å². The third-order valence-electron chi connectivity index (χ3n) is 3.26. The Labute approximate surface area is 151 Å². The predicted molar refractivity (Wildman–Crippen MR) is 104 cm³/mol. The van der Waals surface area contributed by atoms with Gasteiger partial charge in [-0.3, -0.25) is 0 Å². The van der Waals surface area contributed by atoms with Gasteiger partial charge in [0.05, 0.1) is 6.61 Å². The van der Waals surface area contributed by atoms with Gasteiger partial charge in [0, 0.05) is 16.7 Å². The summed E-state index contributed by atoms with van der Waals surface area (Å²) in [7, 11) is 0. The van der Waals surface area contributed by atoms with Crippen LogP contribution in [0.2, 0.25) is 0 Å². The van der Waals surface area contributed by atoms with E-state index in [4.69, 9.17) is 17.0 Å². The highest BCUT2D eigenvalue weighted by Gasteiger charge is 2.03. The molecule has 0 aliphatic carbocycles. The molecule has 0 aliphatic rings. The highest BCUT2D eigenvalue weighted by molar-refractivity contribution is 9.10. The molecule has 0 radical (unpaired) electrons. The van der Waals surface area contributed by atoms with Crippen LogP contribution in [0.15, 0.2) is 53.0 Å². The number of rotatable bonds is 7. The quantitative estimate of drug-likeness (QED) is 0.525. The largest absolute Gasteiger partial charge is 0.494 e. The lowest BCUT2D eigenvalue weighted by Gasteiger charge is -2.12. The van der Waals surface area contributed by atoms with E-state index >= 15 is 0 Å². The van der Waals surface area contributed by atoms with Crippen LogP contribution in [-0.2, 0) is 6.42 Å². The molecule has 2 N–H and O–H groups in total. The molecule has 0 atom stereocenters. The van der Waals surface area contributed by atoms with Gasteiger partial charge in [-0.15, -0.1) is 0 Å². The Morgan fingerprint density at radius 2 is 2.00 bits per heavy atom. The van der Waals surface area contributed by atoms with Gasteiger partial charge in [-0.1, -0.05) is 40.2 Å². The number of ether oxygens (including phenoxy) is 1. The number of thiocarbonyl (C=S) groups is 1. The summed E-state index contributed by atoms with van der Waals surface area (Å²) in [5.41, 5.74) is 2.21. The molecule has 3 nitrogen and oxygen atoms in total. The molecule has 2 rings (SSSR count). The topological polar surface area (TPSA) is 33.3 Å². The molecule has 0 saturated carbocycles. The van der Waals surface area contributed by atoms with E-state index in [2.05, 4.69) is 32.6 Å². The number of para-hydroxylation sites is 1. The minimum absolute atomic E-state index is 0.640. The van der Waals surface area contributed by atoms with Crippen LogP contribution in [0, 0.1) is 0 Å². The van der Waals surface area contributed by atoms with Gasteiger partial charge in [0.15, 0.2) is 5.11 Å². The number of aryl methyl sites for hydroxylation is 1. The van der Waals surface area contributed by atoms with E-state index in [0.29, 0.717) is 11.7 Å². The van der Waals surface area contributed by atoms with Gasteiger partial charge in [-0.25, -0.2) is 0 Å². The number of anilines is 1. The van der Waals surface area contributed by atoms with Gasteiger partial charge < -0.3 is 15.4 Å². The summed E-state index contributed by atoms with van der Waals surface area (Å²) in [5.74, 6) is 0.977. The molecule has 122 valence electrons. The molecule has 0 bridgehead atoms. The van der Waals surface area contributed by atoms with Crippen molar-refractivity contribution in [2.45, 2.75) is 19.8 Å². The number of halogens is 1. The molecular formula is C18H21BrN2OS. The van der Waals surface area contributed by atoms with Crippen LogP contribution < -0.4 is 15.4 Å². The molecule has 0 unspecified atom stereocenters. The fourth-order valence-corrected chi connectivity index (χ4v) is 2.85. The smallest absolute Gasteiger partial charge is 0.170 e. The van der Waals surface area contributed by atoms with Crippen molar-refractivity contribution in [2.75, 3.05) is 18.5 Å². The Kier molecular flexibility index (Phi) is 7.36. The van der Waals surface area contributed by atoms with Gasteiger partial charge in [-0.2, -0.15) is 0 Å². The summed E-state index contributed by atoms with van der Waals surface area (Å²) in [6.45, 7) is 3.51. The lowest BCUT2D eigenvalue weighted by molar-refractivity contribution is 0.336. The number of hydrogen-bond donors (Lipinski definition) is 2. The van der Waals surface area contributed by atoms with E-state index < -0.39 is 0 Å². The van der Waals surface area contributed by atoms with E-state index in [9.17, 15) is 0 Å². The molecule has 0 aromatic heterocycles. The molecule has 2 aromatic carbocycles. The molecular weight excluding hydrogens is 372 g/mol. The van der Waals surface area contributed by atoms with Crippen LogP contribution in [0.3, 0.4) is 0 Å². The predicted octanol–water partition coefficient (Wildman–Crippen LogP) is 4.77.